The highest BCUT2D eigenvalue weighted by atomic mass is 16.6. The Labute approximate surface area is 122 Å². The summed E-state index contributed by atoms with van der Waals surface area (Å²) in [6.07, 6.45) is 0.114. The molecule has 2 rings (SSSR count). The summed E-state index contributed by atoms with van der Waals surface area (Å²) >= 11 is 0. The van der Waals surface area contributed by atoms with Gasteiger partial charge in [0, 0.05) is 12.1 Å². The van der Waals surface area contributed by atoms with Crippen molar-refractivity contribution in [2.45, 2.75) is 26.3 Å². The molecule has 0 radical (unpaired) electrons. The zero-order valence-corrected chi connectivity index (χ0v) is 12.0. The van der Waals surface area contributed by atoms with Crippen molar-refractivity contribution in [3.05, 3.63) is 34.4 Å². The Balaban J connectivity index is 2.32. The predicted molar refractivity (Wildman–Crippen MR) is 76.9 cm³/mol. The standard InChI is InChI=1S/C14H17N3O4/c1-3-15(4-2)12-9-13(18)16(14(12)19)10-6-5-7-11(8-10)17(20)21/h5-8,12H,3-4,9H2,1-2H3/t12-/m0/s1. The minimum atomic E-state index is -0.545. The number of hydrogen-bond donors (Lipinski definition) is 0. The van der Waals surface area contributed by atoms with Crippen LogP contribution in [0.15, 0.2) is 24.3 Å². The monoisotopic (exact) mass is 291 g/mol. The summed E-state index contributed by atoms with van der Waals surface area (Å²) < 4.78 is 0. The summed E-state index contributed by atoms with van der Waals surface area (Å²) in [6.45, 7) is 5.19. The molecule has 21 heavy (non-hydrogen) atoms. The quantitative estimate of drug-likeness (QED) is 0.467. The van der Waals surface area contributed by atoms with Crippen LogP contribution in [-0.2, 0) is 9.59 Å². The van der Waals surface area contributed by atoms with Gasteiger partial charge in [-0.3, -0.25) is 24.6 Å². The van der Waals surface area contributed by atoms with Gasteiger partial charge in [-0.1, -0.05) is 19.9 Å². The largest absolute Gasteiger partial charge is 0.292 e. The molecular formula is C14H17N3O4. The molecule has 0 aromatic heterocycles. The van der Waals surface area contributed by atoms with E-state index in [-0.39, 0.29) is 29.6 Å². The van der Waals surface area contributed by atoms with Crippen LogP contribution in [0.3, 0.4) is 0 Å². The second-order valence-corrected chi connectivity index (χ2v) is 4.79. The number of nitro benzene ring substituents is 1. The molecule has 1 saturated heterocycles. The van der Waals surface area contributed by atoms with E-state index in [9.17, 15) is 19.7 Å². The van der Waals surface area contributed by atoms with E-state index in [1.807, 2.05) is 18.7 Å². The van der Waals surface area contributed by atoms with Crippen LogP contribution < -0.4 is 4.90 Å². The number of amides is 2. The number of rotatable bonds is 5. The molecule has 0 aliphatic carbocycles. The molecule has 0 unspecified atom stereocenters. The van der Waals surface area contributed by atoms with E-state index in [1.54, 1.807) is 0 Å². The Kier molecular flexibility index (Phi) is 4.32. The molecule has 1 atom stereocenters. The van der Waals surface area contributed by atoms with Gasteiger partial charge in [0.05, 0.1) is 23.1 Å². The van der Waals surface area contributed by atoms with E-state index >= 15 is 0 Å². The van der Waals surface area contributed by atoms with Gasteiger partial charge in [0.15, 0.2) is 0 Å². The van der Waals surface area contributed by atoms with Crippen molar-refractivity contribution in [2.24, 2.45) is 0 Å². The first-order chi connectivity index (χ1) is 9.99. The van der Waals surface area contributed by atoms with E-state index in [0.29, 0.717) is 13.1 Å². The van der Waals surface area contributed by atoms with Crippen LogP contribution in [0.1, 0.15) is 20.3 Å². The number of nitro groups is 1. The van der Waals surface area contributed by atoms with Crippen molar-refractivity contribution >= 4 is 23.2 Å². The Morgan fingerprint density at radius 1 is 1.33 bits per heavy atom. The maximum Gasteiger partial charge on any atom is 0.271 e. The molecule has 1 aromatic carbocycles. The summed E-state index contributed by atoms with van der Waals surface area (Å²) in [7, 11) is 0. The van der Waals surface area contributed by atoms with E-state index in [0.717, 1.165) is 4.90 Å². The zero-order valence-electron chi connectivity index (χ0n) is 12.0. The minimum absolute atomic E-state index is 0.114. The van der Waals surface area contributed by atoms with Gasteiger partial charge in [-0.2, -0.15) is 0 Å². The molecule has 1 fully saturated rings. The van der Waals surface area contributed by atoms with Gasteiger partial charge in [-0.25, -0.2) is 4.90 Å². The second kappa shape index (κ2) is 6.01. The van der Waals surface area contributed by atoms with Crippen LogP contribution in [0.4, 0.5) is 11.4 Å². The molecule has 2 amide bonds. The number of carbonyl (C=O) groups is 2. The first-order valence-corrected chi connectivity index (χ1v) is 6.84. The van der Waals surface area contributed by atoms with E-state index < -0.39 is 11.0 Å². The number of hydrogen-bond acceptors (Lipinski definition) is 5. The first kappa shape index (κ1) is 15.1. The fourth-order valence-corrected chi connectivity index (χ4v) is 2.58. The smallest absolute Gasteiger partial charge is 0.271 e. The van der Waals surface area contributed by atoms with Crippen LogP contribution in [0, 0.1) is 10.1 Å². The van der Waals surface area contributed by atoms with Crippen molar-refractivity contribution in [3.8, 4) is 0 Å². The fraction of sp³-hybridized carbons (Fsp3) is 0.429. The topological polar surface area (TPSA) is 83.8 Å². The lowest BCUT2D eigenvalue weighted by Gasteiger charge is -2.24. The number of carbonyl (C=O) groups excluding carboxylic acids is 2. The van der Waals surface area contributed by atoms with Gasteiger partial charge >= 0.3 is 0 Å². The molecule has 1 aliphatic rings. The van der Waals surface area contributed by atoms with Crippen LogP contribution in [-0.4, -0.2) is 40.8 Å². The molecule has 1 heterocycles. The van der Waals surface area contributed by atoms with Gasteiger partial charge in [0.1, 0.15) is 0 Å². The van der Waals surface area contributed by atoms with E-state index in [1.165, 1.54) is 24.3 Å². The third kappa shape index (κ3) is 2.78. The predicted octanol–water partition coefficient (Wildman–Crippen LogP) is 1.57. The minimum Gasteiger partial charge on any atom is -0.292 e. The number of likely N-dealkylation sites (N-methyl/N-ethyl adjacent to an activating group) is 1. The molecule has 112 valence electrons. The average Bonchev–Trinajstić information content (AvgIpc) is 2.76. The molecule has 0 spiro atoms. The second-order valence-electron chi connectivity index (χ2n) is 4.79. The fourth-order valence-electron chi connectivity index (χ4n) is 2.58. The van der Waals surface area contributed by atoms with Crippen LogP contribution in [0.25, 0.3) is 0 Å². The summed E-state index contributed by atoms with van der Waals surface area (Å²) in [5.74, 6) is -0.637. The van der Waals surface area contributed by atoms with E-state index in [4.69, 9.17) is 0 Å². The summed E-state index contributed by atoms with van der Waals surface area (Å²) in [6, 6.07) is 5.11. The molecular weight excluding hydrogens is 274 g/mol. The average molecular weight is 291 g/mol. The Morgan fingerprint density at radius 2 is 2.00 bits per heavy atom. The Hall–Kier alpha value is -2.28. The molecule has 0 N–H and O–H groups in total. The lowest BCUT2D eigenvalue weighted by molar-refractivity contribution is -0.384. The maximum atomic E-state index is 12.5. The van der Waals surface area contributed by atoms with Crippen molar-refractivity contribution in [2.75, 3.05) is 18.0 Å². The third-order valence-electron chi connectivity index (χ3n) is 3.67. The van der Waals surface area contributed by atoms with E-state index in [2.05, 4.69) is 0 Å². The molecule has 1 aromatic rings. The third-order valence-corrected chi connectivity index (χ3v) is 3.67. The van der Waals surface area contributed by atoms with Gasteiger partial charge < -0.3 is 0 Å². The highest BCUT2D eigenvalue weighted by Crippen LogP contribution is 2.28. The number of anilines is 1. The number of nitrogens with zero attached hydrogens (tertiary/aromatic N) is 3. The molecule has 0 saturated carbocycles. The van der Waals surface area contributed by atoms with Crippen LogP contribution >= 0.6 is 0 Å². The summed E-state index contributed by atoms with van der Waals surface area (Å²) in [4.78, 5) is 37.8. The van der Waals surface area contributed by atoms with Crippen molar-refractivity contribution in [1.29, 1.82) is 0 Å². The normalized spacial score (nSPS) is 18.6. The lowest BCUT2D eigenvalue weighted by atomic mass is 10.2. The Bertz CT molecular complexity index is 583. The van der Waals surface area contributed by atoms with Crippen LogP contribution in [0.5, 0.6) is 0 Å². The summed E-state index contributed by atoms with van der Waals surface area (Å²) in [5, 5.41) is 10.8. The van der Waals surface area contributed by atoms with Gasteiger partial charge in [0.2, 0.25) is 5.91 Å². The first-order valence-electron chi connectivity index (χ1n) is 6.84. The van der Waals surface area contributed by atoms with Crippen molar-refractivity contribution in [1.82, 2.24) is 4.90 Å². The summed E-state index contributed by atoms with van der Waals surface area (Å²) in [5.41, 5.74) is 0.119. The van der Waals surface area contributed by atoms with Gasteiger partial charge in [-0.15, -0.1) is 0 Å². The molecule has 1 aliphatic heterocycles. The van der Waals surface area contributed by atoms with Crippen LogP contribution in [0.2, 0.25) is 0 Å². The van der Waals surface area contributed by atoms with Gasteiger partial charge in [-0.05, 0) is 19.2 Å². The number of imide groups is 1. The lowest BCUT2D eigenvalue weighted by Crippen LogP contribution is -2.42. The van der Waals surface area contributed by atoms with Crippen molar-refractivity contribution < 1.29 is 14.5 Å². The molecule has 0 bridgehead atoms. The highest BCUT2D eigenvalue weighted by molar-refractivity contribution is 6.22. The Morgan fingerprint density at radius 3 is 2.57 bits per heavy atom. The number of benzene rings is 1. The SMILES string of the molecule is CCN(CC)[C@H]1CC(=O)N(c2cccc([N+](=O)[O-])c2)C1=O. The van der Waals surface area contributed by atoms with Gasteiger partial charge in [0.25, 0.3) is 11.6 Å². The molecule has 7 nitrogen and oxygen atoms in total. The maximum absolute atomic E-state index is 12.5. The van der Waals surface area contributed by atoms with Crippen molar-refractivity contribution in [3.63, 3.8) is 0 Å². The zero-order chi connectivity index (χ0) is 15.6. The molecule has 7 heteroatoms. The number of non-ortho nitro benzene ring substituents is 1. The highest BCUT2D eigenvalue weighted by Gasteiger charge is 2.42.